The number of carbonyl (C=O) groups is 1. The van der Waals surface area contributed by atoms with Crippen molar-refractivity contribution in [1.82, 2.24) is 15.2 Å². The molecule has 1 atom stereocenters. The van der Waals surface area contributed by atoms with E-state index in [1.54, 1.807) is 0 Å². The highest BCUT2D eigenvalue weighted by Gasteiger charge is 2.25. The van der Waals surface area contributed by atoms with Crippen molar-refractivity contribution in [3.8, 4) is 0 Å². The van der Waals surface area contributed by atoms with Gasteiger partial charge >= 0.3 is 0 Å². The number of carbonyl (C=O) groups excluding carboxylic acids is 1. The van der Waals surface area contributed by atoms with E-state index in [1.165, 1.54) is 0 Å². The third-order valence-electron chi connectivity index (χ3n) is 5.64. The Morgan fingerprint density at radius 2 is 2.00 bits per heavy atom. The SMILES string of the molecule is CC(NC(=O)CCN1CCC(c2nc3cc(Cl)ccc3o2)CC1)c1ccccc1. The maximum Gasteiger partial charge on any atom is 0.221 e. The number of hydrogen-bond donors (Lipinski definition) is 1. The fourth-order valence-electron chi connectivity index (χ4n) is 3.89. The summed E-state index contributed by atoms with van der Waals surface area (Å²) < 4.78 is 5.93. The summed E-state index contributed by atoms with van der Waals surface area (Å²) in [6.45, 7) is 4.70. The topological polar surface area (TPSA) is 58.4 Å². The molecule has 1 amide bonds. The van der Waals surface area contributed by atoms with Crippen LogP contribution in [0.1, 0.15) is 49.6 Å². The van der Waals surface area contributed by atoms with Crippen LogP contribution in [0.25, 0.3) is 11.1 Å². The number of rotatable bonds is 6. The molecule has 2 heterocycles. The summed E-state index contributed by atoms with van der Waals surface area (Å²) in [7, 11) is 0. The van der Waals surface area contributed by atoms with E-state index in [1.807, 2.05) is 55.5 Å². The van der Waals surface area contributed by atoms with Gasteiger partial charge in [0.25, 0.3) is 0 Å². The Hall–Kier alpha value is -2.37. The molecule has 0 saturated carbocycles. The summed E-state index contributed by atoms with van der Waals surface area (Å²) in [5.41, 5.74) is 2.73. The molecule has 1 aliphatic rings. The molecule has 5 nitrogen and oxygen atoms in total. The number of piperidine rings is 1. The van der Waals surface area contributed by atoms with Gasteiger partial charge in [0.15, 0.2) is 11.5 Å². The molecule has 1 aliphatic heterocycles. The summed E-state index contributed by atoms with van der Waals surface area (Å²) in [6, 6.07) is 15.6. The third-order valence-corrected chi connectivity index (χ3v) is 5.87. The molecule has 1 fully saturated rings. The highest BCUT2D eigenvalue weighted by atomic mass is 35.5. The molecular formula is C23H26ClN3O2. The van der Waals surface area contributed by atoms with Gasteiger partial charge in [-0.25, -0.2) is 4.98 Å². The van der Waals surface area contributed by atoms with E-state index in [0.717, 1.165) is 55.0 Å². The first-order valence-electron chi connectivity index (χ1n) is 10.2. The van der Waals surface area contributed by atoms with Crippen molar-refractivity contribution in [2.45, 2.75) is 38.1 Å². The van der Waals surface area contributed by atoms with Crippen LogP contribution in [0.4, 0.5) is 0 Å². The number of nitrogens with zero attached hydrogens (tertiary/aromatic N) is 2. The molecule has 1 aromatic heterocycles. The summed E-state index contributed by atoms with van der Waals surface area (Å²) >= 11 is 6.04. The van der Waals surface area contributed by atoms with Crippen LogP contribution in [0.2, 0.25) is 5.02 Å². The minimum absolute atomic E-state index is 0.0297. The fourth-order valence-corrected chi connectivity index (χ4v) is 4.06. The van der Waals surface area contributed by atoms with Crippen molar-refractivity contribution in [1.29, 1.82) is 0 Å². The number of aromatic nitrogens is 1. The number of nitrogens with one attached hydrogen (secondary N) is 1. The van der Waals surface area contributed by atoms with Crippen molar-refractivity contribution in [2.75, 3.05) is 19.6 Å². The first-order chi connectivity index (χ1) is 14.1. The molecule has 29 heavy (non-hydrogen) atoms. The number of benzene rings is 2. The molecule has 0 aliphatic carbocycles. The summed E-state index contributed by atoms with van der Waals surface area (Å²) in [5.74, 6) is 1.22. The Bertz CT molecular complexity index is 965. The van der Waals surface area contributed by atoms with E-state index < -0.39 is 0 Å². The molecule has 0 radical (unpaired) electrons. The van der Waals surface area contributed by atoms with E-state index in [-0.39, 0.29) is 11.9 Å². The Kier molecular flexibility index (Phi) is 6.16. The molecule has 3 aromatic rings. The Morgan fingerprint density at radius 1 is 1.24 bits per heavy atom. The van der Waals surface area contributed by atoms with Gasteiger partial charge in [-0.3, -0.25) is 4.79 Å². The van der Waals surface area contributed by atoms with Crippen LogP contribution in [0.15, 0.2) is 52.9 Å². The average Bonchev–Trinajstić information content (AvgIpc) is 3.16. The molecule has 1 N–H and O–H groups in total. The fraction of sp³-hybridized carbons (Fsp3) is 0.391. The minimum atomic E-state index is 0.0297. The maximum absolute atomic E-state index is 12.3. The molecule has 4 rings (SSSR count). The highest BCUT2D eigenvalue weighted by Crippen LogP contribution is 2.30. The van der Waals surface area contributed by atoms with Gasteiger partial charge in [0.1, 0.15) is 5.52 Å². The van der Waals surface area contributed by atoms with Gasteiger partial charge < -0.3 is 14.6 Å². The number of amides is 1. The molecule has 0 bridgehead atoms. The normalized spacial score (nSPS) is 16.8. The lowest BCUT2D eigenvalue weighted by Crippen LogP contribution is -2.36. The van der Waals surface area contributed by atoms with Crippen LogP contribution >= 0.6 is 11.6 Å². The first-order valence-corrected chi connectivity index (χ1v) is 10.6. The van der Waals surface area contributed by atoms with Crippen molar-refractivity contribution in [2.24, 2.45) is 0 Å². The first kappa shape index (κ1) is 19.9. The molecular weight excluding hydrogens is 386 g/mol. The van der Waals surface area contributed by atoms with E-state index in [4.69, 9.17) is 16.0 Å². The summed E-state index contributed by atoms with van der Waals surface area (Å²) in [5, 5.41) is 3.76. The van der Waals surface area contributed by atoms with Gasteiger partial charge in [0, 0.05) is 23.9 Å². The second kappa shape index (κ2) is 8.97. The molecule has 2 aromatic carbocycles. The Balaban J connectivity index is 1.24. The lowest BCUT2D eigenvalue weighted by molar-refractivity contribution is -0.122. The van der Waals surface area contributed by atoms with E-state index in [9.17, 15) is 4.79 Å². The van der Waals surface area contributed by atoms with Crippen LogP contribution in [-0.4, -0.2) is 35.4 Å². The van der Waals surface area contributed by atoms with Crippen LogP contribution < -0.4 is 5.32 Å². The van der Waals surface area contributed by atoms with Crippen LogP contribution in [0, 0.1) is 0 Å². The largest absolute Gasteiger partial charge is 0.440 e. The zero-order chi connectivity index (χ0) is 20.2. The van der Waals surface area contributed by atoms with Gasteiger partial charge in [-0.2, -0.15) is 0 Å². The zero-order valence-corrected chi connectivity index (χ0v) is 17.4. The van der Waals surface area contributed by atoms with E-state index >= 15 is 0 Å². The second-order valence-corrected chi connectivity index (χ2v) is 8.17. The smallest absolute Gasteiger partial charge is 0.221 e. The number of fused-ring (bicyclic) bond motifs is 1. The van der Waals surface area contributed by atoms with E-state index in [2.05, 4.69) is 15.2 Å². The van der Waals surface area contributed by atoms with Crippen molar-refractivity contribution in [3.05, 3.63) is 65.0 Å². The van der Waals surface area contributed by atoms with Crippen molar-refractivity contribution >= 4 is 28.6 Å². The van der Waals surface area contributed by atoms with E-state index in [0.29, 0.717) is 17.4 Å². The van der Waals surface area contributed by atoms with Gasteiger partial charge in [-0.15, -0.1) is 0 Å². The van der Waals surface area contributed by atoms with Gasteiger partial charge in [-0.1, -0.05) is 41.9 Å². The van der Waals surface area contributed by atoms with Crippen LogP contribution in [0.3, 0.4) is 0 Å². The lowest BCUT2D eigenvalue weighted by Gasteiger charge is -2.30. The summed E-state index contributed by atoms with van der Waals surface area (Å²) in [4.78, 5) is 19.3. The maximum atomic E-state index is 12.3. The van der Waals surface area contributed by atoms with Crippen LogP contribution in [-0.2, 0) is 4.79 Å². The molecule has 1 saturated heterocycles. The van der Waals surface area contributed by atoms with Crippen molar-refractivity contribution in [3.63, 3.8) is 0 Å². The number of likely N-dealkylation sites (tertiary alicyclic amines) is 1. The lowest BCUT2D eigenvalue weighted by atomic mass is 9.96. The highest BCUT2D eigenvalue weighted by molar-refractivity contribution is 6.31. The molecule has 0 spiro atoms. The summed E-state index contributed by atoms with van der Waals surface area (Å²) in [6.07, 6.45) is 2.49. The number of oxazole rings is 1. The van der Waals surface area contributed by atoms with Crippen LogP contribution in [0.5, 0.6) is 0 Å². The standard InChI is InChI=1S/C23H26ClN3O2/c1-16(17-5-3-2-4-6-17)25-22(28)11-14-27-12-9-18(10-13-27)23-26-20-15-19(24)7-8-21(20)29-23/h2-8,15-16,18H,9-14H2,1H3,(H,25,28). The number of halogens is 1. The quantitative estimate of drug-likeness (QED) is 0.624. The predicted octanol–water partition coefficient (Wildman–Crippen LogP) is 4.93. The Morgan fingerprint density at radius 3 is 2.76 bits per heavy atom. The van der Waals surface area contributed by atoms with Gasteiger partial charge in [0.05, 0.1) is 6.04 Å². The Labute approximate surface area is 176 Å². The molecule has 152 valence electrons. The second-order valence-electron chi connectivity index (χ2n) is 7.73. The zero-order valence-electron chi connectivity index (χ0n) is 16.6. The van der Waals surface area contributed by atoms with Gasteiger partial charge in [0.2, 0.25) is 5.91 Å². The minimum Gasteiger partial charge on any atom is -0.440 e. The van der Waals surface area contributed by atoms with Crippen molar-refractivity contribution < 1.29 is 9.21 Å². The third kappa shape index (κ3) is 4.98. The number of hydrogen-bond acceptors (Lipinski definition) is 4. The average molecular weight is 412 g/mol. The monoisotopic (exact) mass is 411 g/mol. The van der Waals surface area contributed by atoms with Gasteiger partial charge in [-0.05, 0) is 56.6 Å². The predicted molar refractivity (Wildman–Crippen MR) is 115 cm³/mol. The molecule has 6 heteroatoms. The molecule has 1 unspecified atom stereocenters.